The maximum atomic E-state index is 12.3. The van der Waals surface area contributed by atoms with Crippen molar-refractivity contribution in [1.82, 2.24) is 15.3 Å². The Kier molecular flexibility index (Phi) is 7.00. The van der Waals surface area contributed by atoms with Crippen molar-refractivity contribution < 1.29 is 14.3 Å². The highest BCUT2D eigenvalue weighted by molar-refractivity contribution is 5.92. The number of aromatic nitrogens is 2. The fraction of sp³-hybridized carbons (Fsp3) is 0.389. The average Bonchev–Trinajstić information content (AvgIpc) is 2.66. The average molecular weight is 344 g/mol. The molecule has 0 radical (unpaired) electrons. The van der Waals surface area contributed by atoms with Crippen molar-refractivity contribution in [3.8, 4) is 11.5 Å². The highest BCUT2D eigenvalue weighted by Gasteiger charge is 2.10. The van der Waals surface area contributed by atoms with E-state index in [1.165, 1.54) is 6.33 Å². The topological polar surface area (TPSA) is 85.4 Å². The molecule has 0 aliphatic carbocycles. The fourth-order valence-electron chi connectivity index (χ4n) is 2.23. The second kappa shape index (κ2) is 9.46. The van der Waals surface area contributed by atoms with Gasteiger partial charge in [0, 0.05) is 19.2 Å². The fourth-order valence-corrected chi connectivity index (χ4v) is 2.23. The lowest BCUT2D eigenvalue weighted by Crippen LogP contribution is -2.24. The van der Waals surface area contributed by atoms with E-state index in [2.05, 4.69) is 27.5 Å². The van der Waals surface area contributed by atoms with E-state index in [0.29, 0.717) is 29.6 Å². The summed E-state index contributed by atoms with van der Waals surface area (Å²) < 4.78 is 10.5. The Morgan fingerprint density at radius 1 is 1.12 bits per heavy atom. The van der Waals surface area contributed by atoms with Gasteiger partial charge >= 0.3 is 0 Å². The Balaban J connectivity index is 1.97. The first-order chi connectivity index (χ1) is 12.2. The number of rotatable bonds is 9. The number of anilines is 1. The number of hydrogen-bond acceptors (Lipinski definition) is 6. The summed E-state index contributed by atoms with van der Waals surface area (Å²) in [5.41, 5.74) is 1.23. The van der Waals surface area contributed by atoms with Crippen molar-refractivity contribution in [3.05, 3.63) is 41.9 Å². The van der Waals surface area contributed by atoms with Crippen molar-refractivity contribution >= 4 is 11.7 Å². The molecule has 2 N–H and O–H groups in total. The van der Waals surface area contributed by atoms with Crippen LogP contribution in [0.25, 0.3) is 0 Å². The van der Waals surface area contributed by atoms with Gasteiger partial charge in [0.05, 0.1) is 14.2 Å². The van der Waals surface area contributed by atoms with Crippen molar-refractivity contribution in [2.75, 3.05) is 26.1 Å². The lowest BCUT2D eigenvalue weighted by Gasteiger charge is -2.10. The van der Waals surface area contributed by atoms with Gasteiger partial charge in [-0.05, 0) is 24.1 Å². The summed E-state index contributed by atoms with van der Waals surface area (Å²) in [6.07, 6.45) is 3.53. The van der Waals surface area contributed by atoms with Gasteiger partial charge in [0.15, 0.2) is 11.5 Å². The third-order valence-corrected chi connectivity index (χ3v) is 3.64. The molecule has 0 aliphatic heterocycles. The predicted octanol–water partition coefficient (Wildman–Crippen LogP) is 2.64. The number of nitrogens with one attached hydrogen (secondary N) is 2. The van der Waals surface area contributed by atoms with E-state index in [4.69, 9.17) is 9.47 Å². The SMILES string of the molecule is CCCCNc1cc(C(=O)NCc2ccc(OC)c(OC)c2)ncn1. The molecule has 0 unspecified atom stereocenters. The molecule has 25 heavy (non-hydrogen) atoms. The summed E-state index contributed by atoms with van der Waals surface area (Å²) in [5.74, 6) is 1.67. The lowest BCUT2D eigenvalue weighted by atomic mass is 10.2. The molecule has 2 rings (SSSR count). The van der Waals surface area contributed by atoms with E-state index >= 15 is 0 Å². The van der Waals surface area contributed by atoms with Crippen LogP contribution in [-0.2, 0) is 6.54 Å². The van der Waals surface area contributed by atoms with Crippen LogP contribution >= 0.6 is 0 Å². The summed E-state index contributed by atoms with van der Waals surface area (Å²) in [6, 6.07) is 7.16. The van der Waals surface area contributed by atoms with Gasteiger partial charge in [-0.25, -0.2) is 9.97 Å². The van der Waals surface area contributed by atoms with Crippen LogP contribution < -0.4 is 20.1 Å². The number of amides is 1. The number of unbranched alkanes of at least 4 members (excludes halogenated alkanes) is 1. The van der Waals surface area contributed by atoms with Gasteiger partial charge in [-0.2, -0.15) is 0 Å². The summed E-state index contributed by atoms with van der Waals surface area (Å²) in [5, 5.41) is 6.03. The van der Waals surface area contributed by atoms with Crippen molar-refractivity contribution in [3.63, 3.8) is 0 Å². The molecule has 0 aliphatic rings. The van der Waals surface area contributed by atoms with Crippen LogP contribution in [0.2, 0.25) is 0 Å². The molecule has 0 saturated carbocycles. The smallest absolute Gasteiger partial charge is 0.270 e. The Labute approximate surface area is 147 Å². The van der Waals surface area contributed by atoms with Gasteiger partial charge in [0.25, 0.3) is 5.91 Å². The minimum atomic E-state index is -0.254. The quantitative estimate of drug-likeness (QED) is 0.680. The first-order valence-electron chi connectivity index (χ1n) is 8.23. The number of ether oxygens (including phenoxy) is 2. The molecule has 0 atom stereocenters. The van der Waals surface area contributed by atoms with Gasteiger partial charge in [-0.15, -0.1) is 0 Å². The molecule has 7 nitrogen and oxygen atoms in total. The molecule has 1 aromatic heterocycles. The van der Waals surface area contributed by atoms with Crippen LogP contribution in [0.4, 0.5) is 5.82 Å². The molecule has 1 aromatic carbocycles. The largest absolute Gasteiger partial charge is 0.493 e. The first kappa shape index (κ1) is 18.5. The van der Waals surface area contributed by atoms with Gasteiger partial charge in [0.2, 0.25) is 0 Å². The van der Waals surface area contributed by atoms with E-state index in [0.717, 1.165) is 24.9 Å². The van der Waals surface area contributed by atoms with Crippen LogP contribution in [0, 0.1) is 0 Å². The van der Waals surface area contributed by atoms with Crippen LogP contribution in [0.5, 0.6) is 11.5 Å². The van der Waals surface area contributed by atoms with Crippen LogP contribution in [0.3, 0.4) is 0 Å². The number of hydrogen-bond donors (Lipinski definition) is 2. The summed E-state index contributed by atoms with van der Waals surface area (Å²) >= 11 is 0. The standard InChI is InChI=1S/C18H24N4O3/c1-4-5-8-19-17-10-14(21-12-22-17)18(23)20-11-13-6-7-15(24-2)16(9-13)25-3/h6-7,9-10,12H,4-5,8,11H2,1-3H3,(H,20,23)(H,19,21,22). The van der Waals surface area contributed by atoms with E-state index in [1.807, 2.05) is 12.1 Å². The van der Waals surface area contributed by atoms with Crippen molar-refractivity contribution in [2.45, 2.75) is 26.3 Å². The maximum absolute atomic E-state index is 12.3. The van der Waals surface area contributed by atoms with Crippen LogP contribution in [0.1, 0.15) is 35.8 Å². The highest BCUT2D eigenvalue weighted by atomic mass is 16.5. The van der Waals surface area contributed by atoms with Gasteiger partial charge in [-0.1, -0.05) is 19.4 Å². The zero-order valence-corrected chi connectivity index (χ0v) is 14.8. The first-order valence-corrected chi connectivity index (χ1v) is 8.23. The molecule has 0 bridgehead atoms. The Hall–Kier alpha value is -2.83. The van der Waals surface area contributed by atoms with E-state index < -0.39 is 0 Å². The molecule has 0 fully saturated rings. The number of carbonyl (C=O) groups excluding carboxylic acids is 1. The minimum absolute atomic E-state index is 0.254. The van der Waals surface area contributed by atoms with E-state index in [9.17, 15) is 4.79 Å². The number of benzene rings is 1. The molecule has 134 valence electrons. The Morgan fingerprint density at radius 3 is 2.64 bits per heavy atom. The number of nitrogens with zero attached hydrogens (tertiary/aromatic N) is 2. The third-order valence-electron chi connectivity index (χ3n) is 3.64. The predicted molar refractivity (Wildman–Crippen MR) is 96.1 cm³/mol. The molecular weight excluding hydrogens is 320 g/mol. The van der Waals surface area contributed by atoms with Crippen molar-refractivity contribution in [2.24, 2.45) is 0 Å². The molecule has 0 saturated heterocycles. The second-order valence-corrected chi connectivity index (χ2v) is 5.44. The number of carbonyl (C=O) groups is 1. The highest BCUT2D eigenvalue weighted by Crippen LogP contribution is 2.27. The summed E-state index contributed by atoms with van der Waals surface area (Å²) in [4.78, 5) is 20.4. The molecule has 1 amide bonds. The van der Waals surface area contributed by atoms with Gasteiger partial charge in [-0.3, -0.25) is 4.79 Å². The molecular formula is C18H24N4O3. The van der Waals surface area contributed by atoms with E-state index in [1.54, 1.807) is 26.4 Å². The zero-order valence-electron chi connectivity index (χ0n) is 14.8. The third kappa shape index (κ3) is 5.34. The van der Waals surface area contributed by atoms with Crippen LogP contribution in [0.15, 0.2) is 30.6 Å². The lowest BCUT2D eigenvalue weighted by molar-refractivity contribution is 0.0945. The molecule has 2 aromatic rings. The van der Waals surface area contributed by atoms with Gasteiger partial charge < -0.3 is 20.1 Å². The summed E-state index contributed by atoms with van der Waals surface area (Å²) in [7, 11) is 3.16. The minimum Gasteiger partial charge on any atom is -0.493 e. The molecule has 1 heterocycles. The number of methoxy groups -OCH3 is 2. The van der Waals surface area contributed by atoms with Gasteiger partial charge in [0.1, 0.15) is 17.8 Å². The normalized spacial score (nSPS) is 10.2. The second-order valence-electron chi connectivity index (χ2n) is 5.44. The van der Waals surface area contributed by atoms with E-state index in [-0.39, 0.29) is 5.91 Å². The molecule has 7 heteroatoms. The van der Waals surface area contributed by atoms with Crippen molar-refractivity contribution in [1.29, 1.82) is 0 Å². The van der Waals surface area contributed by atoms with Crippen LogP contribution in [-0.4, -0.2) is 36.6 Å². The zero-order chi connectivity index (χ0) is 18.1. The maximum Gasteiger partial charge on any atom is 0.270 e. The monoisotopic (exact) mass is 344 g/mol. The summed E-state index contributed by atoms with van der Waals surface area (Å²) in [6.45, 7) is 3.30. The molecule has 0 spiro atoms. The Morgan fingerprint density at radius 2 is 1.92 bits per heavy atom. The Bertz CT molecular complexity index is 706.